The molecule has 0 unspecified atom stereocenters. The van der Waals surface area contributed by atoms with E-state index in [2.05, 4.69) is 15.6 Å². The summed E-state index contributed by atoms with van der Waals surface area (Å²) in [4.78, 5) is 28.3. The maximum atomic E-state index is 12.3. The van der Waals surface area contributed by atoms with Crippen LogP contribution in [0.1, 0.15) is 40.6 Å². The minimum absolute atomic E-state index is 0.134. The Hall–Kier alpha value is -2.11. The number of hydrogen-bond acceptors (Lipinski definition) is 3. The molecule has 1 aromatic heterocycles. The SMILES string of the molecule is CCCCNC(=O)c1ccnc(C(=O)Nc2cc(Cl)cc(Cl)c2)c1. The number of unbranched alkanes of at least 4 members (excludes halogenated alkanes) is 1. The number of carbonyl (C=O) groups excluding carboxylic acids is 2. The van der Waals surface area contributed by atoms with E-state index in [9.17, 15) is 9.59 Å². The Balaban J connectivity index is 2.09. The number of rotatable bonds is 6. The van der Waals surface area contributed by atoms with Gasteiger partial charge in [-0.25, -0.2) is 0 Å². The van der Waals surface area contributed by atoms with Crippen LogP contribution in [-0.2, 0) is 0 Å². The normalized spacial score (nSPS) is 10.3. The lowest BCUT2D eigenvalue weighted by molar-refractivity contribution is 0.0953. The third-order valence-corrected chi connectivity index (χ3v) is 3.63. The molecule has 2 amide bonds. The van der Waals surface area contributed by atoms with Crippen molar-refractivity contribution in [2.75, 3.05) is 11.9 Å². The number of nitrogens with one attached hydrogen (secondary N) is 2. The molecular formula is C17H17Cl2N3O2. The molecule has 5 nitrogen and oxygen atoms in total. The molecule has 0 saturated heterocycles. The van der Waals surface area contributed by atoms with Crippen LogP contribution < -0.4 is 10.6 Å². The van der Waals surface area contributed by atoms with E-state index in [-0.39, 0.29) is 11.6 Å². The van der Waals surface area contributed by atoms with Crippen molar-refractivity contribution < 1.29 is 9.59 Å². The molecule has 2 N–H and O–H groups in total. The number of amides is 2. The number of halogens is 2. The Kier molecular flexibility index (Phi) is 6.58. The van der Waals surface area contributed by atoms with E-state index < -0.39 is 5.91 Å². The number of hydrogen-bond donors (Lipinski definition) is 2. The standard InChI is InChI=1S/C17H17Cl2N3O2/c1-2-3-5-21-16(23)11-4-6-20-15(7-11)17(24)22-14-9-12(18)8-13(19)10-14/h4,6-10H,2-3,5H2,1H3,(H,21,23)(H,22,24). The van der Waals surface area contributed by atoms with E-state index >= 15 is 0 Å². The van der Waals surface area contributed by atoms with Crippen LogP contribution in [0.4, 0.5) is 5.69 Å². The first-order chi connectivity index (χ1) is 11.5. The molecule has 0 bridgehead atoms. The zero-order chi connectivity index (χ0) is 17.5. The monoisotopic (exact) mass is 365 g/mol. The summed E-state index contributed by atoms with van der Waals surface area (Å²) in [6, 6.07) is 7.73. The second kappa shape index (κ2) is 8.66. The van der Waals surface area contributed by atoms with Crippen molar-refractivity contribution in [1.29, 1.82) is 0 Å². The third kappa shape index (κ3) is 5.22. The highest BCUT2D eigenvalue weighted by Gasteiger charge is 2.12. The number of pyridine rings is 1. The van der Waals surface area contributed by atoms with Crippen molar-refractivity contribution in [2.45, 2.75) is 19.8 Å². The van der Waals surface area contributed by atoms with Crippen molar-refractivity contribution in [3.63, 3.8) is 0 Å². The van der Waals surface area contributed by atoms with Crippen LogP contribution in [0.5, 0.6) is 0 Å². The summed E-state index contributed by atoms with van der Waals surface area (Å²) in [5, 5.41) is 6.28. The number of aromatic nitrogens is 1. The minimum Gasteiger partial charge on any atom is -0.352 e. The molecule has 126 valence electrons. The Morgan fingerprint density at radius 1 is 1.08 bits per heavy atom. The lowest BCUT2D eigenvalue weighted by Crippen LogP contribution is -2.25. The van der Waals surface area contributed by atoms with Gasteiger partial charge in [-0.1, -0.05) is 36.5 Å². The maximum absolute atomic E-state index is 12.3. The number of benzene rings is 1. The molecule has 0 aliphatic heterocycles. The van der Waals surface area contributed by atoms with Gasteiger partial charge in [0.1, 0.15) is 5.69 Å². The van der Waals surface area contributed by atoms with Gasteiger partial charge in [-0.2, -0.15) is 0 Å². The van der Waals surface area contributed by atoms with Gasteiger partial charge in [0.2, 0.25) is 0 Å². The number of anilines is 1. The van der Waals surface area contributed by atoms with E-state index in [0.717, 1.165) is 12.8 Å². The van der Waals surface area contributed by atoms with Crippen LogP contribution in [0, 0.1) is 0 Å². The summed E-state index contributed by atoms with van der Waals surface area (Å²) in [5.41, 5.74) is 0.974. The van der Waals surface area contributed by atoms with Crippen molar-refractivity contribution >= 4 is 40.7 Å². The average molecular weight is 366 g/mol. The van der Waals surface area contributed by atoms with Gasteiger partial charge in [0.15, 0.2) is 0 Å². The van der Waals surface area contributed by atoms with Crippen molar-refractivity contribution in [1.82, 2.24) is 10.3 Å². The highest BCUT2D eigenvalue weighted by Crippen LogP contribution is 2.22. The van der Waals surface area contributed by atoms with E-state index in [4.69, 9.17) is 23.2 Å². The summed E-state index contributed by atoms with van der Waals surface area (Å²) < 4.78 is 0. The fourth-order valence-electron chi connectivity index (χ4n) is 2.00. The lowest BCUT2D eigenvalue weighted by Gasteiger charge is -2.08. The molecule has 0 atom stereocenters. The molecule has 24 heavy (non-hydrogen) atoms. The Bertz CT molecular complexity index is 730. The Morgan fingerprint density at radius 2 is 1.79 bits per heavy atom. The molecule has 7 heteroatoms. The van der Waals surface area contributed by atoms with Crippen molar-refractivity contribution in [3.05, 3.63) is 57.8 Å². The molecule has 0 saturated carbocycles. The molecular weight excluding hydrogens is 349 g/mol. The lowest BCUT2D eigenvalue weighted by atomic mass is 10.2. The topological polar surface area (TPSA) is 71.1 Å². The fraction of sp³-hybridized carbons (Fsp3) is 0.235. The first-order valence-electron chi connectivity index (χ1n) is 7.51. The summed E-state index contributed by atoms with van der Waals surface area (Å²) >= 11 is 11.8. The first kappa shape index (κ1) is 18.2. The molecule has 0 aliphatic rings. The number of carbonyl (C=O) groups is 2. The predicted octanol–water partition coefficient (Wildman–Crippen LogP) is 4.17. The molecule has 1 aromatic carbocycles. The fourth-order valence-corrected chi connectivity index (χ4v) is 2.52. The predicted molar refractivity (Wildman–Crippen MR) is 95.9 cm³/mol. The van der Waals surface area contributed by atoms with E-state index in [0.29, 0.717) is 27.8 Å². The number of nitrogens with zero attached hydrogens (tertiary/aromatic N) is 1. The minimum atomic E-state index is -0.448. The Labute approximate surface area is 150 Å². The highest BCUT2D eigenvalue weighted by molar-refractivity contribution is 6.35. The quantitative estimate of drug-likeness (QED) is 0.754. The zero-order valence-electron chi connectivity index (χ0n) is 13.1. The maximum Gasteiger partial charge on any atom is 0.274 e. The molecule has 0 fully saturated rings. The van der Waals surface area contributed by atoms with Crippen LogP contribution >= 0.6 is 23.2 Å². The summed E-state index contributed by atoms with van der Waals surface area (Å²) in [6.07, 6.45) is 3.32. The van der Waals surface area contributed by atoms with Gasteiger partial charge in [0, 0.05) is 34.0 Å². The Morgan fingerprint density at radius 3 is 2.46 bits per heavy atom. The molecule has 0 radical (unpaired) electrons. The van der Waals surface area contributed by atoms with Gasteiger partial charge in [-0.05, 0) is 36.8 Å². The van der Waals surface area contributed by atoms with Crippen LogP contribution in [0.2, 0.25) is 10.0 Å². The van der Waals surface area contributed by atoms with Crippen molar-refractivity contribution in [3.8, 4) is 0 Å². The highest BCUT2D eigenvalue weighted by atomic mass is 35.5. The molecule has 2 rings (SSSR count). The van der Waals surface area contributed by atoms with Crippen LogP contribution in [0.25, 0.3) is 0 Å². The third-order valence-electron chi connectivity index (χ3n) is 3.19. The van der Waals surface area contributed by atoms with Gasteiger partial charge >= 0.3 is 0 Å². The summed E-state index contributed by atoms with van der Waals surface area (Å²) in [6.45, 7) is 2.64. The van der Waals surface area contributed by atoms with E-state index in [1.54, 1.807) is 24.3 Å². The molecule has 2 aromatic rings. The largest absolute Gasteiger partial charge is 0.352 e. The van der Waals surface area contributed by atoms with E-state index in [1.165, 1.54) is 12.3 Å². The van der Waals surface area contributed by atoms with Gasteiger partial charge in [-0.15, -0.1) is 0 Å². The van der Waals surface area contributed by atoms with Gasteiger partial charge in [0.05, 0.1) is 0 Å². The van der Waals surface area contributed by atoms with Gasteiger partial charge < -0.3 is 10.6 Å². The van der Waals surface area contributed by atoms with Gasteiger partial charge in [0.25, 0.3) is 11.8 Å². The first-order valence-corrected chi connectivity index (χ1v) is 8.27. The van der Waals surface area contributed by atoms with Crippen LogP contribution in [0.15, 0.2) is 36.5 Å². The smallest absolute Gasteiger partial charge is 0.274 e. The second-order valence-electron chi connectivity index (χ2n) is 5.15. The van der Waals surface area contributed by atoms with Crippen LogP contribution in [0.3, 0.4) is 0 Å². The molecule has 1 heterocycles. The average Bonchev–Trinajstić information content (AvgIpc) is 2.54. The molecule has 0 aliphatic carbocycles. The summed E-state index contributed by atoms with van der Waals surface area (Å²) in [7, 11) is 0. The van der Waals surface area contributed by atoms with Crippen LogP contribution in [-0.4, -0.2) is 23.3 Å². The van der Waals surface area contributed by atoms with Gasteiger partial charge in [-0.3, -0.25) is 14.6 Å². The molecule has 0 spiro atoms. The van der Waals surface area contributed by atoms with E-state index in [1.807, 2.05) is 6.92 Å². The second-order valence-corrected chi connectivity index (χ2v) is 6.02. The van der Waals surface area contributed by atoms with Crippen molar-refractivity contribution in [2.24, 2.45) is 0 Å². The zero-order valence-corrected chi connectivity index (χ0v) is 14.6. The summed E-state index contributed by atoms with van der Waals surface area (Å²) in [5.74, 6) is -0.678.